The number of urea groups is 1. The smallest absolute Gasteiger partial charge is 0.319 e. The lowest BCUT2D eigenvalue weighted by Crippen LogP contribution is -2.45. The molecule has 9 heteroatoms. The third kappa shape index (κ3) is 5.76. The first-order valence-corrected chi connectivity index (χ1v) is 10.2. The van der Waals surface area contributed by atoms with Crippen LogP contribution >= 0.6 is 0 Å². The lowest BCUT2D eigenvalue weighted by atomic mass is 9.99. The fourth-order valence-electron chi connectivity index (χ4n) is 3.45. The van der Waals surface area contributed by atoms with Crippen LogP contribution in [0.25, 0.3) is 0 Å². The fourth-order valence-corrected chi connectivity index (χ4v) is 3.45. The minimum atomic E-state index is -1.11. The van der Waals surface area contributed by atoms with E-state index in [9.17, 15) is 19.8 Å². The number of nitrogens with one attached hydrogen (secondary N) is 2. The molecule has 30 heavy (non-hydrogen) atoms. The molecule has 1 aliphatic rings. The number of hydrogen-bond acceptors (Lipinski definition) is 6. The molecule has 1 fully saturated rings. The molecule has 0 aliphatic carbocycles. The number of rotatable bonds is 11. The normalized spacial score (nSPS) is 20.5. The van der Waals surface area contributed by atoms with Crippen LogP contribution in [-0.4, -0.2) is 72.7 Å². The highest BCUT2D eigenvalue weighted by atomic mass is 16.5. The number of carbonyl (C=O) groups is 2. The van der Waals surface area contributed by atoms with E-state index in [1.54, 1.807) is 20.3 Å². The minimum Gasteiger partial charge on any atom is -0.493 e. The Bertz CT molecular complexity index is 729. The van der Waals surface area contributed by atoms with E-state index in [4.69, 9.17) is 9.47 Å². The van der Waals surface area contributed by atoms with Crippen molar-refractivity contribution in [1.82, 2.24) is 15.5 Å². The van der Waals surface area contributed by atoms with E-state index in [2.05, 4.69) is 10.6 Å². The van der Waals surface area contributed by atoms with Gasteiger partial charge in [0, 0.05) is 6.54 Å². The first kappa shape index (κ1) is 23.8. The summed E-state index contributed by atoms with van der Waals surface area (Å²) < 4.78 is 10.5. The average Bonchev–Trinajstić information content (AvgIpc) is 3.01. The van der Waals surface area contributed by atoms with Gasteiger partial charge in [-0.2, -0.15) is 0 Å². The molecule has 9 nitrogen and oxygen atoms in total. The topological polar surface area (TPSA) is 120 Å². The molecule has 3 amide bonds. The molecule has 1 aromatic rings. The van der Waals surface area contributed by atoms with E-state index in [-0.39, 0.29) is 37.4 Å². The van der Waals surface area contributed by atoms with Crippen molar-refractivity contribution in [3.63, 3.8) is 0 Å². The fraction of sp³-hybridized carbons (Fsp3) is 0.619. The number of ether oxygens (including phenoxy) is 2. The third-order valence-corrected chi connectivity index (χ3v) is 5.62. The Morgan fingerprint density at radius 2 is 2.00 bits per heavy atom. The monoisotopic (exact) mass is 423 g/mol. The molecule has 1 saturated heterocycles. The van der Waals surface area contributed by atoms with E-state index in [1.165, 1.54) is 4.90 Å². The van der Waals surface area contributed by atoms with Gasteiger partial charge in [-0.3, -0.25) is 9.69 Å². The van der Waals surface area contributed by atoms with Gasteiger partial charge in [0.2, 0.25) is 5.91 Å². The number of carbonyl (C=O) groups excluding carboxylic acids is 2. The lowest BCUT2D eigenvalue weighted by molar-refractivity contribution is -0.123. The Balaban J connectivity index is 1.93. The molecule has 1 heterocycles. The molecule has 0 radical (unpaired) electrons. The van der Waals surface area contributed by atoms with Gasteiger partial charge in [-0.15, -0.1) is 0 Å². The molecule has 168 valence electrons. The van der Waals surface area contributed by atoms with Gasteiger partial charge in [-0.05, 0) is 30.0 Å². The predicted molar refractivity (Wildman–Crippen MR) is 111 cm³/mol. The first-order chi connectivity index (χ1) is 14.3. The zero-order chi connectivity index (χ0) is 22.3. The summed E-state index contributed by atoms with van der Waals surface area (Å²) >= 11 is 0. The zero-order valence-electron chi connectivity index (χ0n) is 18.1. The van der Waals surface area contributed by atoms with Gasteiger partial charge in [0.05, 0.1) is 39.3 Å². The van der Waals surface area contributed by atoms with Crippen molar-refractivity contribution in [1.29, 1.82) is 0 Å². The van der Waals surface area contributed by atoms with Crippen LogP contribution in [0.4, 0.5) is 4.79 Å². The Morgan fingerprint density at radius 1 is 1.30 bits per heavy atom. The van der Waals surface area contributed by atoms with Crippen LogP contribution in [0, 0.1) is 5.92 Å². The van der Waals surface area contributed by atoms with Gasteiger partial charge in [-0.25, -0.2) is 4.79 Å². The van der Waals surface area contributed by atoms with Gasteiger partial charge in [-0.1, -0.05) is 26.3 Å². The molecule has 0 saturated carbocycles. The van der Waals surface area contributed by atoms with E-state index >= 15 is 0 Å². The highest BCUT2D eigenvalue weighted by Crippen LogP contribution is 2.28. The van der Waals surface area contributed by atoms with Crippen LogP contribution in [0.2, 0.25) is 0 Å². The second kappa shape index (κ2) is 11.0. The van der Waals surface area contributed by atoms with E-state index in [1.807, 2.05) is 26.0 Å². The number of aliphatic hydroxyl groups is 2. The molecule has 0 spiro atoms. The van der Waals surface area contributed by atoms with E-state index in [0.717, 1.165) is 12.0 Å². The molecular weight excluding hydrogens is 390 g/mol. The van der Waals surface area contributed by atoms with Gasteiger partial charge < -0.3 is 30.3 Å². The summed E-state index contributed by atoms with van der Waals surface area (Å²) in [7, 11) is 3.11. The van der Waals surface area contributed by atoms with Crippen molar-refractivity contribution < 1.29 is 29.3 Å². The quantitative estimate of drug-likeness (QED) is 0.419. The summed E-state index contributed by atoms with van der Waals surface area (Å²) in [5, 5.41) is 25.5. The van der Waals surface area contributed by atoms with Crippen molar-refractivity contribution in [3.8, 4) is 11.5 Å². The van der Waals surface area contributed by atoms with Crippen molar-refractivity contribution in [2.75, 3.05) is 27.4 Å². The molecule has 0 aromatic heterocycles. The number of hydrogen-bond donors (Lipinski definition) is 4. The van der Waals surface area contributed by atoms with Gasteiger partial charge in [0.25, 0.3) is 0 Å². The van der Waals surface area contributed by atoms with Crippen LogP contribution in [0.5, 0.6) is 11.5 Å². The predicted octanol–water partition coefficient (Wildman–Crippen LogP) is 0.872. The van der Waals surface area contributed by atoms with Crippen molar-refractivity contribution in [3.05, 3.63) is 23.8 Å². The molecule has 4 atom stereocenters. The second-order valence-corrected chi connectivity index (χ2v) is 7.55. The summed E-state index contributed by atoms with van der Waals surface area (Å²) in [5.74, 6) is 1.01. The van der Waals surface area contributed by atoms with Crippen molar-refractivity contribution in [2.45, 2.75) is 51.4 Å². The number of benzene rings is 1. The summed E-state index contributed by atoms with van der Waals surface area (Å²) in [5.41, 5.74) is 0.924. The van der Waals surface area contributed by atoms with E-state index < -0.39 is 18.3 Å². The minimum absolute atomic E-state index is 0.0628. The number of aliphatic hydroxyl groups excluding tert-OH is 2. The third-order valence-electron chi connectivity index (χ3n) is 5.62. The van der Waals surface area contributed by atoms with Gasteiger partial charge >= 0.3 is 6.03 Å². The summed E-state index contributed by atoms with van der Waals surface area (Å²) in [6, 6.07) is 4.01. The number of nitrogens with zero attached hydrogens (tertiary/aromatic N) is 1. The summed E-state index contributed by atoms with van der Waals surface area (Å²) in [6.07, 6.45) is 0.148. The Morgan fingerprint density at radius 3 is 2.60 bits per heavy atom. The lowest BCUT2D eigenvalue weighted by Gasteiger charge is -2.24. The Kier molecular flexibility index (Phi) is 8.73. The Hall–Kier alpha value is -2.52. The molecule has 1 aliphatic heterocycles. The molecule has 2 rings (SSSR count). The zero-order valence-corrected chi connectivity index (χ0v) is 18.1. The van der Waals surface area contributed by atoms with Crippen molar-refractivity contribution >= 4 is 11.9 Å². The molecule has 0 bridgehead atoms. The van der Waals surface area contributed by atoms with Crippen LogP contribution < -0.4 is 20.1 Å². The molecule has 4 N–H and O–H groups in total. The standard InChI is InChI=1S/C21H33N3O6/c1-5-13(2)16(12-25)22-19(26)11-15-20(27)24(21(28)23-15)9-8-14-6-7-17(29-3)18(10-14)30-4/h6-7,10,13,15-16,20,25,27H,5,8-9,11-12H2,1-4H3,(H,22,26)(H,23,28). The van der Waals surface area contributed by atoms with Crippen LogP contribution in [0.1, 0.15) is 32.3 Å². The van der Waals surface area contributed by atoms with Crippen LogP contribution in [-0.2, 0) is 11.2 Å². The number of amides is 3. The molecular formula is C21H33N3O6. The maximum atomic E-state index is 12.3. The van der Waals surface area contributed by atoms with Crippen molar-refractivity contribution in [2.24, 2.45) is 5.92 Å². The average molecular weight is 424 g/mol. The van der Waals surface area contributed by atoms with Crippen LogP contribution in [0.3, 0.4) is 0 Å². The van der Waals surface area contributed by atoms with Gasteiger partial charge in [0.1, 0.15) is 0 Å². The highest BCUT2D eigenvalue weighted by Gasteiger charge is 2.39. The SMILES string of the molecule is CCC(C)C(CO)NC(=O)CC1NC(=O)N(CCc2ccc(OC)c(OC)c2)C1O. The summed E-state index contributed by atoms with van der Waals surface area (Å²) in [6.45, 7) is 4.06. The van der Waals surface area contributed by atoms with Crippen LogP contribution in [0.15, 0.2) is 18.2 Å². The highest BCUT2D eigenvalue weighted by molar-refractivity contribution is 5.81. The molecule has 1 aromatic carbocycles. The maximum absolute atomic E-state index is 12.3. The second-order valence-electron chi connectivity index (χ2n) is 7.55. The number of methoxy groups -OCH3 is 2. The Labute approximate surface area is 177 Å². The summed E-state index contributed by atoms with van der Waals surface area (Å²) in [4.78, 5) is 25.9. The largest absolute Gasteiger partial charge is 0.493 e. The first-order valence-electron chi connectivity index (χ1n) is 10.2. The van der Waals surface area contributed by atoms with Gasteiger partial charge in [0.15, 0.2) is 17.7 Å². The molecule has 4 unspecified atom stereocenters. The maximum Gasteiger partial charge on any atom is 0.319 e. The van der Waals surface area contributed by atoms with E-state index in [0.29, 0.717) is 17.9 Å².